The quantitative estimate of drug-likeness (QED) is 0.588. The van der Waals surface area contributed by atoms with Crippen molar-refractivity contribution < 1.29 is 22.7 Å². The molecule has 2 heterocycles. The van der Waals surface area contributed by atoms with Crippen molar-refractivity contribution in [1.29, 1.82) is 0 Å². The number of aromatic nitrogens is 2. The molecule has 0 aliphatic rings. The summed E-state index contributed by atoms with van der Waals surface area (Å²) in [5.74, 6) is -1.37. The summed E-state index contributed by atoms with van der Waals surface area (Å²) in [6.07, 6.45) is 3.98. The minimum Gasteiger partial charge on any atom is -0.459 e. The summed E-state index contributed by atoms with van der Waals surface area (Å²) >= 11 is 0. The minimum absolute atomic E-state index is 0.189. The third kappa shape index (κ3) is 5.37. The van der Waals surface area contributed by atoms with Crippen molar-refractivity contribution >= 4 is 27.6 Å². The molecule has 0 saturated heterocycles. The van der Waals surface area contributed by atoms with Gasteiger partial charge in [0.05, 0.1) is 5.69 Å². The fourth-order valence-corrected chi connectivity index (χ4v) is 4.36. The van der Waals surface area contributed by atoms with E-state index in [-0.39, 0.29) is 16.9 Å². The molecule has 0 aliphatic heterocycles. The van der Waals surface area contributed by atoms with Gasteiger partial charge in [0.1, 0.15) is 11.3 Å². The maximum Gasteiger partial charge on any atom is 0.331 e. The predicted molar refractivity (Wildman–Crippen MR) is 116 cm³/mol. The molecule has 0 bridgehead atoms. The maximum atomic E-state index is 13.4. The molecule has 1 atom stereocenters. The number of rotatable bonds is 6. The first kappa shape index (κ1) is 22.2. The molecular weight excluding hydrogens is 418 g/mol. The van der Waals surface area contributed by atoms with Crippen LogP contribution >= 0.6 is 0 Å². The van der Waals surface area contributed by atoms with Crippen LogP contribution in [0.4, 0.5) is 5.69 Å². The molecule has 2 aromatic heterocycles. The highest BCUT2D eigenvalue weighted by Crippen LogP contribution is 2.29. The van der Waals surface area contributed by atoms with Crippen LogP contribution in [-0.2, 0) is 19.6 Å². The number of pyridine rings is 1. The summed E-state index contributed by atoms with van der Waals surface area (Å²) in [6.45, 7) is 5.00. The number of benzene rings is 1. The van der Waals surface area contributed by atoms with E-state index in [1.807, 2.05) is 0 Å². The van der Waals surface area contributed by atoms with Crippen LogP contribution in [0.3, 0.4) is 0 Å². The molecule has 1 N–H and O–H groups in total. The third-order valence-electron chi connectivity index (χ3n) is 4.14. The highest BCUT2D eigenvalue weighted by Gasteiger charge is 2.38. The molecule has 31 heavy (non-hydrogen) atoms. The lowest BCUT2D eigenvalue weighted by molar-refractivity contribution is -0.154. The number of esters is 1. The Kier molecular flexibility index (Phi) is 6.26. The molecule has 1 amide bonds. The fourth-order valence-electron chi connectivity index (χ4n) is 2.84. The SMILES string of the molecule is CC(C)(C)OC(=O)C(c1ccccc1)S(=O)(=O)n1ccc(NC(=O)c2ccccn2)c1. The van der Waals surface area contributed by atoms with Crippen molar-refractivity contribution in [3.63, 3.8) is 0 Å². The van der Waals surface area contributed by atoms with E-state index in [1.165, 1.54) is 30.7 Å². The Labute approximate surface area is 180 Å². The van der Waals surface area contributed by atoms with Crippen molar-refractivity contribution in [3.8, 4) is 0 Å². The average molecular weight is 442 g/mol. The molecule has 0 aliphatic carbocycles. The standard InChI is InChI=1S/C22H23N3O5S/c1-22(2,3)30-21(27)19(16-9-5-4-6-10-16)31(28,29)25-14-12-17(15-25)24-20(26)18-11-7-8-13-23-18/h4-15,19H,1-3H3,(H,24,26). The molecule has 3 aromatic rings. The second kappa shape index (κ2) is 8.73. The number of hydrogen-bond acceptors (Lipinski definition) is 6. The summed E-state index contributed by atoms with van der Waals surface area (Å²) in [5, 5.41) is 1.02. The van der Waals surface area contributed by atoms with E-state index in [0.717, 1.165) is 3.97 Å². The molecule has 8 nitrogen and oxygen atoms in total. The minimum atomic E-state index is -4.23. The highest BCUT2D eigenvalue weighted by atomic mass is 32.2. The van der Waals surface area contributed by atoms with Crippen LogP contribution < -0.4 is 5.32 Å². The Morgan fingerprint density at radius 2 is 1.71 bits per heavy atom. The van der Waals surface area contributed by atoms with E-state index in [9.17, 15) is 18.0 Å². The summed E-state index contributed by atoms with van der Waals surface area (Å²) < 4.78 is 33.0. The van der Waals surface area contributed by atoms with Gasteiger partial charge in [-0.2, -0.15) is 0 Å². The van der Waals surface area contributed by atoms with Crippen molar-refractivity contribution in [3.05, 3.63) is 84.4 Å². The molecule has 0 saturated carbocycles. The zero-order valence-corrected chi connectivity index (χ0v) is 18.2. The van der Waals surface area contributed by atoms with E-state index in [2.05, 4.69) is 10.3 Å². The van der Waals surface area contributed by atoms with Gasteiger partial charge < -0.3 is 10.1 Å². The Bertz CT molecular complexity index is 1170. The van der Waals surface area contributed by atoms with Crippen molar-refractivity contribution in [2.45, 2.75) is 31.6 Å². The van der Waals surface area contributed by atoms with E-state index in [1.54, 1.807) is 63.2 Å². The molecule has 1 unspecified atom stereocenters. The van der Waals surface area contributed by atoms with Crippen LogP contribution in [0.5, 0.6) is 0 Å². The van der Waals surface area contributed by atoms with Gasteiger partial charge in [0.15, 0.2) is 0 Å². The first-order chi connectivity index (χ1) is 14.6. The number of nitrogens with zero attached hydrogens (tertiary/aromatic N) is 2. The van der Waals surface area contributed by atoms with Gasteiger partial charge >= 0.3 is 5.97 Å². The fraction of sp³-hybridized carbons (Fsp3) is 0.227. The number of amides is 1. The van der Waals surface area contributed by atoms with E-state index >= 15 is 0 Å². The van der Waals surface area contributed by atoms with Gasteiger partial charge in [-0.3, -0.25) is 14.6 Å². The van der Waals surface area contributed by atoms with Gasteiger partial charge in [-0.05, 0) is 44.5 Å². The number of ether oxygens (including phenoxy) is 1. The normalized spacial score (nSPS) is 12.7. The Balaban J connectivity index is 1.92. The van der Waals surface area contributed by atoms with Gasteiger partial charge in [-0.25, -0.2) is 12.4 Å². The summed E-state index contributed by atoms with van der Waals surface area (Å²) in [4.78, 5) is 29.1. The van der Waals surface area contributed by atoms with E-state index in [4.69, 9.17) is 4.74 Å². The lowest BCUT2D eigenvalue weighted by Crippen LogP contribution is -2.33. The van der Waals surface area contributed by atoms with Crippen molar-refractivity contribution in [2.24, 2.45) is 0 Å². The number of anilines is 1. The molecule has 0 fully saturated rings. The van der Waals surface area contributed by atoms with Gasteiger partial charge in [-0.1, -0.05) is 36.4 Å². The van der Waals surface area contributed by atoms with E-state index in [0.29, 0.717) is 0 Å². The van der Waals surface area contributed by atoms with Gasteiger partial charge in [0, 0.05) is 18.6 Å². The first-order valence-corrected chi connectivity index (χ1v) is 11.0. The van der Waals surface area contributed by atoms with E-state index < -0.39 is 32.8 Å². The van der Waals surface area contributed by atoms with Crippen LogP contribution in [0, 0.1) is 0 Å². The molecule has 3 rings (SSSR count). The summed E-state index contributed by atoms with van der Waals surface area (Å²) in [6, 6.07) is 14.4. The lowest BCUT2D eigenvalue weighted by atomic mass is 10.1. The summed E-state index contributed by atoms with van der Waals surface area (Å²) in [7, 11) is -4.23. The number of nitrogens with one attached hydrogen (secondary N) is 1. The van der Waals surface area contributed by atoms with Gasteiger partial charge in [0.2, 0.25) is 5.25 Å². The second-order valence-electron chi connectivity index (χ2n) is 7.77. The Morgan fingerprint density at radius 3 is 2.32 bits per heavy atom. The second-order valence-corrected chi connectivity index (χ2v) is 9.69. The van der Waals surface area contributed by atoms with Crippen LogP contribution in [-0.4, -0.2) is 34.9 Å². The molecule has 1 aromatic carbocycles. The van der Waals surface area contributed by atoms with Crippen LogP contribution in [0.2, 0.25) is 0 Å². The summed E-state index contributed by atoms with van der Waals surface area (Å²) in [5.41, 5.74) is -0.146. The van der Waals surface area contributed by atoms with Gasteiger partial charge in [0.25, 0.3) is 15.9 Å². The largest absolute Gasteiger partial charge is 0.459 e. The first-order valence-electron chi connectivity index (χ1n) is 9.50. The van der Waals surface area contributed by atoms with Crippen LogP contribution in [0.15, 0.2) is 73.2 Å². The average Bonchev–Trinajstić information content (AvgIpc) is 3.17. The molecule has 162 valence electrons. The maximum absolute atomic E-state index is 13.4. The molecule has 0 radical (unpaired) electrons. The smallest absolute Gasteiger partial charge is 0.331 e. The molecule has 9 heteroatoms. The predicted octanol–water partition coefficient (Wildman–Crippen LogP) is 3.40. The van der Waals surface area contributed by atoms with Crippen molar-refractivity contribution in [2.75, 3.05) is 5.32 Å². The molecule has 0 spiro atoms. The monoisotopic (exact) mass is 441 g/mol. The molecular formula is C22H23N3O5S. The topological polar surface area (TPSA) is 107 Å². The number of carbonyl (C=O) groups excluding carboxylic acids is 2. The lowest BCUT2D eigenvalue weighted by Gasteiger charge is -2.24. The Hall–Kier alpha value is -3.46. The van der Waals surface area contributed by atoms with Crippen molar-refractivity contribution in [1.82, 2.24) is 8.96 Å². The Morgan fingerprint density at radius 1 is 1.03 bits per heavy atom. The highest BCUT2D eigenvalue weighted by molar-refractivity contribution is 7.90. The zero-order valence-electron chi connectivity index (χ0n) is 17.3. The van der Waals surface area contributed by atoms with Crippen LogP contribution in [0.1, 0.15) is 42.1 Å². The van der Waals surface area contributed by atoms with Gasteiger partial charge in [-0.15, -0.1) is 0 Å². The van der Waals surface area contributed by atoms with Crippen LogP contribution in [0.25, 0.3) is 0 Å². The number of hydrogen-bond donors (Lipinski definition) is 1. The third-order valence-corrected chi connectivity index (χ3v) is 6.01. The zero-order chi connectivity index (χ0) is 22.6. The number of carbonyl (C=O) groups is 2.